The van der Waals surface area contributed by atoms with Gasteiger partial charge in [-0.15, -0.1) is 0 Å². The second kappa shape index (κ2) is 9.59. The molecule has 2 aromatic rings. The van der Waals surface area contributed by atoms with E-state index < -0.39 is 17.7 Å². The number of carbonyl (C=O) groups is 3. The van der Waals surface area contributed by atoms with Gasteiger partial charge in [0, 0.05) is 10.6 Å². The lowest BCUT2D eigenvalue weighted by Gasteiger charge is -2.11. The first-order valence-electron chi connectivity index (χ1n) is 8.16. The zero-order valence-corrected chi connectivity index (χ0v) is 15.7. The van der Waals surface area contributed by atoms with Gasteiger partial charge in [-0.3, -0.25) is 25.2 Å². The Morgan fingerprint density at radius 3 is 2.48 bits per heavy atom. The molecule has 3 amide bonds. The van der Waals surface area contributed by atoms with Gasteiger partial charge in [-0.05, 0) is 49.2 Å². The Morgan fingerprint density at radius 2 is 1.74 bits per heavy atom. The number of nitrogens with one attached hydrogen (secondary N) is 3. The van der Waals surface area contributed by atoms with Gasteiger partial charge in [-0.25, -0.2) is 0 Å². The van der Waals surface area contributed by atoms with E-state index in [0.717, 1.165) is 11.1 Å². The van der Waals surface area contributed by atoms with Gasteiger partial charge >= 0.3 is 0 Å². The summed E-state index contributed by atoms with van der Waals surface area (Å²) in [6, 6.07) is 12.0. The Balaban J connectivity index is 1.71. The Bertz CT molecular complexity index is 855. The maximum Gasteiger partial charge on any atom is 0.276 e. The van der Waals surface area contributed by atoms with Crippen molar-refractivity contribution in [2.75, 3.05) is 13.2 Å². The topological polar surface area (TPSA) is 96.5 Å². The monoisotopic (exact) mass is 389 g/mol. The molecule has 27 heavy (non-hydrogen) atoms. The number of hydrogen-bond acceptors (Lipinski definition) is 4. The minimum atomic E-state index is -0.578. The van der Waals surface area contributed by atoms with Gasteiger partial charge in [-0.2, -0.15) is 0 Å². The third-order valence-electron chi connectivity index (χ3n) is 3.54. The molecule has 0 fully saturated rings. The molecule has 0 radical (unpaired) electrons. The molecule has 0 aliphatic carbocycles. The highest BCUT2D eigenvalue weighted by molar-refractivity contribution is 6.30. The number of hydrogen-bond donors (Lipinski definition) is 3. The van der Waals surface area contributed by atoms with E-state index in [1.807, 2.05) is 32.0 Å². The molecule has 0 saturated carbocycles. The molecule has 0 aromatic heterocycles. The second-order valence-electron chi connectivity index (χ2n) is 5.85. The van der Waals surface area contributed by atoms with Crippen LogP contribution in [0.25, 0.3) is 0 Å². The predicted octanol–water partition coefficient (Wildman–Crippen LogP) is 1.91. The highest BCUT2D eigenvalue weighted by Crippen LogP contribution is 2.18. The number of halogens is 1. The van der Waals surface area contributed by atoms with Crippen LogP contribution in [0.4, 0.5) is 0 Å². The van der Waals surface area contributed by atoms with E-state index in [0.29, 0.717) is 16.3 Å². The number of carbonyl (C=O) groups excluding carboxylic acids is 3. The third-order valence-corrected chi connectivity index (χ3v) is 3.78. The summed E-state index contributed by atoms with van der Waals surface area (Å²) in [5.41, 5.74) is 6.68. The van der Waals surface area contributed by atoms with E-state index in [1.165, 1.54) is 6.07 Å². The average molecular weight is 390 g/mol. The molecule has 0 heterocycles. The molecule has 3 N–H and O–H groups in total. The van der Waals surface area contributed by atoms with E-state index in [4.69, 9.17) is 16.3 Å². The van der Waals surface area contributed by atoms with Gasteiger partial charge < -0.3 is 10.1 Å². The van der Waals surface area contributed by atoms with Gasteiger partial charge in [0.25, 0.3) is 17.7 Å². The highest BCUT2D eigenvalue weighted by Gasteiger charge is 2.10. The van der Waals surface area contributed by atoms with Crippen LogP contribution >= 0.6 is 11.6 Å². The first kappa shape index (κ1) is 20.3. The summed E-state index contributed by atoms with van der Waals surface area (Å²) in [6.45, 7) is 3.24. The summed E-state index contributed by atoms with van der Waals surface area (Å²) in [5.74, 6) is -0.946. The summed E-state index contributed by atoms with van der Waals surface area (Å²) in [7, 11) is 0. The van der Waals surface area contributed by atoms with E-state index >= 15 is 0 Å². The standard InChI is InChI=1S/C19H20ClN3O4/c1-12-6-7-13(2)16(8-12)27-11-18(25)23-22-17(24)10-21-19(26)14-4-3-5-15(20)9-14/h3-9H,10-11H2,1-2H3,(H,21,26)(H,22,24)(H,23,25). The number of rotatable bonds is 6. The van der Waals surface area contributed by atoms with Crippen molar-refractivity contribution in [2.24, 2.45) is 0 Å². The minimum absolute atomic E-state index is 0.251. The normalized spacial score (nSPS) is 10.0. The number of benzene rings is 2. The van der Waals surface area contributed by atoms with Crippen LogP contribution in [0.5, 0.6) is 5.75 Å². The predicted molar refractivity (Wildman–Crippen MR) is 101 cm³/mol. The minimum Gasteiger partial charge on any atom is -0.483 e. The maximum absolute atomic E-state index is 11.9. The summed E-state index contributed by atoms with van der Waals surface area (Å²) >= 11 is 5.81. The molecule has 2 rings (SSSR count). The molecule has 0 spiro atoms. The quantitative estimate of drug-likeness (QED) is 0.657. The van der Waals surface area contributed by atoms with Gasteiger partial charge in [-0.1, -0.05) is 29.8 Å². The molecular formula is C19H20ClN3O4. The van der Waals surface area contributed by atoms with Crippen molar-refractivity contribution >= 4 is 29.3 Å². The van der Waals surface area contributed by atoms with E-state index in [-0.39, 0.29) is 13.2 Å². The Kier molecular flexibility index (Phi) is 7.19. The fraction of sp³-hybridized carbons (Fsp3) is 0.211. The van der Waals surface area contributed by atoms with Gasteiger partial charge in [0.1, 0.15) is 5.75 Å². The SMILES string of the molecule is Cc1ccc(C)c(OCC(=O)NNC(=O)CNC(=O)c2cccc(Cl)c2)c1. The first-order valence-corrected chi connectivity index (χ1v) is 8.54. The Hall–Kier alpha value is -3.06. The van der Waals surface area contributed by atoms with Gasteiger partial charge in [0.15, 0.2) is 6.61 Å². The first-order chi connectivity index (χ1) is 12.8. The van der Waals surface area contributed by atoms with Gasteiger partial charge in [0.2, 0.25) is 0 Å². The number of amides is 3. The lowest BCUT2D eigenvalue weighted by atomic mass is 10.1. The van der Waals surface area contributed by atoms with Crippen LogP contribution in [-0.4, -0.2) is 30.9 Å². The van der Waals surface area contributed by atoms with Crippen molar-refractivity contribution in [3.05, 3.63) is 64.2 Å². The lowest BCUT2D eigenvalue weighted by molar-refractivity contribution is -0.129. The van der Waals surface area contributed by atoms with Crippen molar-refractivity contribution in [1.82, 2.24) is 16.2 Å². The molecule has 0 aliphatic rings. The van der Waals surface area contributed by atoms with E-state index in [2.05, 4.69) is 16.2 Å². The largest absolute Gasteiger partial charge is 0.483 e. The summed E-state index contributed by atoms with van der Waals surface area (Å²) in [5, 5.41) is 2.85. The summed E-state index contributed by atoms with van der Waals surface area (Å²) in [4.78, 5) is 35.4. The molecule has 0 saturated heterocycles. The Labute approximate surface area is 162 Å². The van der Waals surface area contributed by atoms with Crippen molar-refractivity contribution in [3.8, 4) is 5.75 Å². The van der Waals surface area contributed by atoms with Crippen LogP contribution in [0.2, 0.25) is 5.02 Å². The van der Waals surface area contributed by atoms with Crippen LogP contribution in [0.1, 0.15) is 21.5 Å². The molecule has 0 bridgehead atoms. The number of hydrazine groups is 1. The molecule has 2 aromatic carbocycles. The van der Waals surface area contributed by atoms with E-state index in [1.54, 1.807) is 18.2 Å². The molecule has 142 valence electrons. The van der Waals surface area contributed by atoms with Crippen LogP contribution in [0.3, 0.4) is 0 Å². The second-order valence-corrected chi connectivity index (χ2v) is 6.28. The fourth-order valence-electron chi connectivity index (χ4n) is 2.12. The summed E-state index contributed by atoms with van der Waals surface area (Å²) < 4.78 is 5.43. The lowest BCUT2D eigenvalue weighted by Crippen LogP contribution is -2.47. The maximum atomic E-state index is 11.9. The molecule has 0 unspecified atom stereocenters. The fourth-order valence-corrected chi connectivity index (χ4v) is 2.31. The van der Waals surface area contributed by atoms with Crippen molar-refractivity contribution in [3.63, 3.8) is 0 Å². The van der Waals surface area contributed by atoms with Crippen LogP contribution in [0, 0.1) is 13.8 Å². The number of ether oxygens (including phenoxy) is 1. The molecule has 8 heteroatoms. The van der Waals surface area contributed by atoms with Crippen LogP contribution < -0.4 is 20.9 Å². The number of aryl methyl sites for hydroxylation is 2. The average Bonchev–Trinajstić information content (AvgIpc) is 2.65. The van der Waals surface area contributed by atoms with Crippen molar-refractivity contribution in [2.45, 2.75) is 13.8 Å². The highest BCUT2D eigenvalue weighted by atomic mass is 35.5. The van der Waals surface area contributed by atoms with Crippen LogP contribution in [-0.2, 0) is 9.59 Å². The zero-order valence-electron chi connectivity index (χ0n) is 15.0. The van der Waals surface area contributed by atoms with Crippen molar-refractivity contribution in [1.29, 1.82) is 0 Å². The third kappa shape index (κ3) is 6.63. The Morgan fingerprint density at radius 1 is 1.00 bits per heavy atom. The van der Waals surface area contributed by atoms with Crippen LogP contribution in [0.15, 0.2) is 42.5 Å². The van der Waals surface area contributed by atoms with E-state index in [9.17, 15) is 14.4 Å². The zero-order chi connectivity index (χ0) is 19.8. The molecule has 0 aliphatic heterocycles. The van der Waals surface area contributed by atoms with Gasteiger partial charge in [0.05, 0.1) is 6.54 Å². The van der Waals surface area contributed by atoms with Crippen molar-refractivity contribution < 1.29 is 19.1 Å². The molecule has 0 atom stereocenters. The smallest absolute Gasteiger partial charge is 0.276 e. The summed E-state index contributed by atoms with van der Waals surface area (Å²) in [6.07, 6.45) is 0. The molecular weight excluding hydrogens is 370 g/mol. The molecule has 7 nitrogen and oxygen atoms in total.